The quantitative estimate of drug-likeness (QED) is 0.867. The average molecular weight is 314 g/mol. The molecule has 1 aliphatic rings. The van der Waals surface area contributed by atoms with Crippen LogP contribution >= 0.6 is 0 Å². The first kappa shape index (κ1) is 15.6. The van der Waals surface area contributed by atoms with Gasteiger partial charge in [-0.2, -0.15) is 4.98 Å². The number of hydrogen-bond acceptors (Lipinski definition) is 5. The van der Waals surface area contributed by atoms with Crippen LogP contribution in [-0.2, 0) is 6.42 Å². The molecule has 1 amide bonds. The van der Waals surface area contributed by atoms with Crippen LogP contribution in [0.15, 0.2) is 22.9 Å². The van der Waals surface area contributed by atoms with E-state index in [4.69, 9.17) is 4.52 Å². The van der Waals surface area contributed by atoms with E-state index in [2.05, 4.69) is 15.1 Å². The molecule has 0 saturated carbocycles. The normalized spacial score (nSPS) is 15.8. The largest absolute Gasteiger partial charge is 0.340 e. The molecule has 6 nitrogen and oxygen atoms in total. The lowest BCUT2D eigenvalue weighted by atomic mass is 9.92. The Kier molecular flexibility index (Phi) is 4.69. The molecular weight excluding hydrogens is 292 g/mol. The molecular formula is C17H22N4O2. The lowest BCUT2D eigenvalue weighted by molar-refractivity contribution is 0.0686. The smallest absolute Gasteiger partial charge is 0.255 e. The van der Waals surface area contributed by atoms with E-state index < -0.39 is 0 Å². The van der Waals surface area contributed by atoms with E-state index >= 15 is 0 Å². The lowest BCUT2D eigenvalue weighted by Crippen LogP contribution is -2.38. The molecule has 6 heteroatoms. The zero-order chi connectivity index (χ0) is 16.2. The van der Waals surface area contributed by atoms with Gasteiger partial charge in [0.05, 0.1) is 5.56 Å². The molecule has 0 radical (unpaired) electrons. The van der Waals surface area contributed by atoms with Crippen molar-refractivity contribution in [3.05, 3.63) is 41.3 Å². The van der Waals surface area contributed by atoms with Crippen molar-refractivity contribution < 1.29 is 9.32 Å². The van der Waals surface area contributed by atoms with Crippen LogP contribution in [0.2, 0.25) is 0 Å². The molecule has 1 saturated heterocycles. The highest BCUT2D eigenvalue weighted by atomic mass is 16.5. The molecule has 2 aromatic heterocycles. The van der Waals surface area contributed by atoms with Gasteiger partial charge in [-0.3, -0.25) is 9.78 Å². The number of carbonyl (C=O) groups is 1. The molecule has 2 aromatic rings. The van der Waals surface area contributed by atoms with Gasteiger partial charge in [0.15, 0.2) is 5.82 Å². The molecule has 0 aromatic carbocycles. The van der Waals surface area contributed by atoms with Gasteiger partial charge in [-0.1, -0.05) is 5.16 Å². The monoisotopic (exact) mass is 314 g/mol. The van der Waals surface area contributed by atoms with Crippen molar-refractivity contribution in [3.63, 3.8) is 0 Å². The summed E-state index contributed by atoms with van der Waals surface area (Å²) in [5.74, 6) is 2.11. The predicted octanol–water partition coefficient (Wildman–Crippen LogP) is 2.57. The highest BCUT2D eigenvalue weighted by Gasteiger charge is 2.24. The number of hydrogen-bond donors (Lipinski definition) is 0. The molecule has 1 fully saturated rings. The van der Waals surface area contributed by atoms with Crippen molar-refractivity contribution in [3.8, 4) is 0 Å². The van der Waals surface area contributed by atoms with E-state index in [0.29, 0.717) is 17.4 Å². The topological polar surface area (TPSA) is 72.1 Å². The minimum atomic E-state index is 0.0877. The Morgan fingerprint density at radius 3 is 2.70 bits per heavy atom. The van der Waals surface area contributed by atoms with Crippen LogP contribution < -0.4 is 0 Å². The van der Waals surface area contributed by atoms with Crippen molar-refractivity contribution in [2.24, 2.45) is 5.92 Å². The van der Waals surface area contributed by atoms with Crippen molar-refractivity contribution in [1.29, 1.82) is 0 Å². The third-order valence-electron chi connectivity index (χ3n) is 4.41. The van der Waals surface area contributed by atoms with Crippen LogP contribution in [0.4, 0.5) is 0 Å². The second-order valence-corrected chi connectivity index (χ2v) is 6.19. The molecule has 1 aliphatic heterocycles. The highest BCUT2D eigenvalue weighted by molar-refractivity contribution is 5.93. The molecule has 0 spiro atoms. The Morgan fingerprint density at radius 2 is 2.09 bits per heavy atom. The maximum Gasteiger partial charge on any atom is 0.255 e. The lowest BCUT2D eigenvalue weighted by Gasteiger charge is -2.32. The summed E-state index contributed by atoms with van der Waals surface area (Å²) in [5.41, 5.74) is 1.60. The fraction of sp³-hybridized carbons (Fsp3) is 0.529. The first-order chi connectivity index (χ1) is 11.1. The Bertz CT molecular complexity index is 657. The van der Waals surface area contributed by atoms with Gasteiger partial charge in [-0.15, -0.1) is 0 Å². The molecule has 0 N–H and O–H groups in total. The second kappa shape index (κ2) is 6.89. The third-order valence-corrected chi connectivity index (χ3v) is 4.41. The Balaban J connectivity index is 1.48. The van der Waals surface area contributed by atoms with Crippen LogP contribution in [0, 0.1) is 19.8 Å². The summed E-state index contributed by atoms with van der Waals surface area (Å²) in [5, 5.41) is 3.93. The van der Waals surface area contributed by atoms with Gasteiger partial charge in [0.1, 0.15) is 0 Å². The minimum Gasteiger partial charge on any atom is -0.340 e. The van der Waals surface area contributed by atoms with Gasteiger partial charge in [0.25, 0.3) is 5.91 Å². The van der Waals surface area contributed by atoms with Gasteiger partial charge in [-0.25, -0.2) is 0 Å². The standard InChI is InChI=1S/C17H22N4O2/c1-12-3-5-15(11-18-12)17(22)21-9-7-14(8-10-21)4-6-16-19-13(2)23-20-16/h3,5,11,14H,4,6-10H2,1-2H3. The molecule has 0 atom stereocenters. The maximum atomic E-state index is 12.5. The van der Waals surface area contributed by atoms with E-state index in [1.807, 2.05) is 24.0 Å². The number of rotatable bonds is 4. The summed E-state index contributed by atoms with van der Waals surface area (Å²) in [4.78, 5) is 22.8. The average Bonchev–Trinajstić information content (AvgIpc) is 2.99. The first-order valence-electron chi connectivity index (χ1n) is 8.13. The van der Waals surface area contributed by atoms with Gasteiger partial charge in [-0.05, 0) is 44.2 Å². The van der Waals surface area contributed by atoms with E-state index in [1.54, 1.807) is 13.1 Å². The maximum absolute atomic E-state index is 12.5. The van der Waals surface area contributed by atoms with Gasteiger partial charge in [0.2, 0.25) is 5.89 Å². The SMILES string of the molecule is Cc1ccc(C(=O)N2CCC(CCc3noc(C)n3)CC2)cn1. The molecule has 0 aliphatic carbocycles. The number of aryl methyl sites for hydroxylation is 3. The van der Waals surface area contributed by atoms with Crippen LogP contribution in [0.25, 0.3) is 0 Å². The number of pyridine rings is 1. The summed E-state index contributed by atoms with van der Waals surface area (Å²) >= 11 is 0. The van der Waals surface area contributed by atoms with Crippen molar-refractivity contribution in [1.82, 2.24) is 20.0 Å². The minimum absolute atomic E-state index is 0.0877. The summed E-state index contributed by atoms with van der Waals surface area (Å²) in [6.45, 7) is 5.34. The molecule has 3 rings (SSSR count). The summed E-state index contributed by atoms with van der Waals surface area (Å²) in [6.07, 6.45) is 5.62. The van der Waals surface area contributed by atoms with E-state index in [9.17, 15) is 4.79 Å². The zero-order valence-corrected chi connectivity index (χ0v) is 13.7. The number of nitrogens with zero attached hydrogens (tertiary/aromatic N) is 4. The molecule has 0 unspecified atom stereocenters. The highest BCUT2D eigenvalue weighted by Crippen LogP contribution is 2.23. The van der Waals surface area contributed by atoms with Crippen LogP contribution in [-0.4, -0.2) is 39.0 Å². The number of aromatic nitrogens is 3. The predicted molar refractivity (Wildman–Crippen MR) is 85.0 cm³/mol. The second-order valence-electron chi connectivity index (χ2n) is 6.19. The van der Waals surface area contributed by atoms with Crippen LogP contribution in [0.3, 0.4) is 0 Å². The molecule has 23 heavy (non-hydrogen) atoms. The van der Waals surface area contributed by atoms with Gasteiger partial charge >= 0.3 is 0 Å². The van der Waals surface area contributed by atoms with E-state index in [1.165, 1.54) is 0 Å². The van der Waals surface area contributed by atoms with Crippen molar-refractivity contribution in [2.75, 3.05) is 13.1 Å². The summed E-state index contributed by atoms with van der Waals surface area (Å²) in [7, 11) is 0. The molecule has 0 bridgehead atoms. The van der Waals surface area contributed by atoms with Crippen LogP contribution in [0.1, 0.15) is 47.0 Å². The van der Waals surface area contributed by atoms with E-state index in [-0.39, 0.29) is 5.91 Å². The fourth-order valence-electron chi connectivity index (χ4n) is 2.98. The summed E-state index contributed by atoms with van der Waals surface area (Å²) < 4.78 is 4.99. The molecule has 122 valence electrons. The first-order valence-corrected chi connectivity index (χ1v) is 8.13. The Morgan fingerprint density at radius 1 is 1.30 bits per heavy atom. The Hall–Kier alpha value is -2.24. The van der Waals surface area contributed by atoms with Gasteiger partial charge < -0.3 is 9.42 Å². The van der Waals surface area contributed by atoms with Crippen LogP contribution in [0.5, 0.6) is 0 Å². The fourth-order valence-corrected chi connectivity index (χ4v) is 2.98. The van der Waals surface area contributed by atoms with Crippen molar-refractivity contribution >= 4 is 5.91 Å². The van der Waals surface area contributed by atoms with Gasteiger partial charge in [0, 0.05) is 38.3 Å². The van der Waals surface area contributed by atoms with E-state index in [0.717, 1.165) is 50.3 Å². The zero-order valence-electron chi connectivity index (χ0n) is 13.7. The summed E-state index contributed by atoms with van der Waals surface area (Å²) in [6, 6.07) is 3.74. The number of piperidine rings is 1. The number of likely N-dealkylation sites (tertiary alicyclic amines) is 1. The number of carbonyl (C=O) groups excluding carboxylic acids is 1. The number of amides is 1. The molecule has 3 heterocycles. The Labute approximate surface area is 135 Å². The third kappa shape index (κ3) is 3.94. The van der Waals surface area contributed by atoms with Crippen molar-refractivity contribution in [2.45, 2.75) is 39.5 Å².